The van der Waals surface area contributed by atoms with Crippen molar-refractivity contribution in [3.05, 3.63) is 0 Å². The van der Waals surface area contributed by atoms with Gasteiger partial charge in [0.2, 0.25) is 5.91 Å². The van der Waals surface area contributed by atoms with Crippen molar-refractivity contribution in [2.75, 3.05) is 33.2 Å². The van der Waals surface area contributed by atoms with Gasteiger partial charge in [0, 0.05) is 13.1 Å². The molecule has 0 saturated heterocycles. The molecule has 0 aliphatic heterocycles. The predicted octanol–water partition coefficient (Wildman–Crippen LogP) is 0.738. The number of carbonyl (C=O) groups excluding carboxylic acids is 2. The van der Waals surface area contributed by atoms with Crippen LogP contribution in [0.15, 0.2) is 0 Å². The maximum atomic E-state index is 11.8. The zero-order valence-corrected chi connectivity index (χ0v) is 11.5. The van der Waals surface area contributed by atoms with E-state index in [1.807, 2.05) is 13.8 Å². The fraction of sp³-hybridized carbons (Fsp3) is 0.833. The van der Waals surface area contributed by atoms with Gasteiger partial charge >= 0.3 is 5.97 Å². The van der Waals surface area contributed by atoms with E-state index >= 15 is 0 Å². The molecule has 0 radical (unpaired) electrons. The summed E-state index contributed by atoms with van der Waals surface area (Å²) in [6.07, 6.45) is -0.116. The third kappa shape index (κ3) is 6.94. The highest BCUT2D eigenvalue weighted by Gasteiger charge is 2.15. The van der Waals surface area contributed by atoms with Crippen molar-refractivity contribution in [1.29, 1.82) is 0 Å². The molecule has 0 fully saturated rings. The Labute approximate surface area is 104 Å². The first-order chi connectivity index (χ1) is 7.90. The van der Waals surface area contributed by atoms with Crippen LogP contribution in [0.5, 0.6) is 0 Å². The predicted molar refractivity (Wildman–Crippen MR) is 66.7 cm³/mol. The quantitative estimate of drug-likeness (QED) is 0.620. The lowest BCUT2D eigenvalue weighted by molar-refractivity contribution is -0.148. The topological polar surface area (TPSA) is 49.9 Å². The Bertz CT molecular complexity index is 250. The Morgan fingerprint density at radius 1 is 1.12 bits per heavy atom. The second-order valence-electron chi connectivity index (χ2n) is 4.28. The first-order valence-corrected chi connectivity index (χ1v) is 6.06. The highest BCUT2D eigenvalue weighted by molar-refractivity contribution is 5.79. The van der Waals surface area contributed by atoms with E-state index in [2.05, 4.69) is 0 Å². The van der Waals surface area contributed by atoms with Gasteiger partial charge in [-0.3, -0.25) is 14.5 Å². The molecule has 0 spiro atoms. The van der Waals surface area contributed by atoms with Gasteiger partial charge in [-0.05, 0) is 34.7 Å². The lowest BCUT2D eigenvalue weighted by Gasteiger charge is -2.22. The molecule has 0 rings (SSSR count). The first-order valence-electron chi connectivity index (χ1n) is 6.06. The van der Waals surface area contributed by atoms with Gasteiger partial charge in [-0.25, -0.2) is 0 Å². The molecule has 0 aromatic heterocycles. The van der Waals surface area contributed by atoms with Gasteiger partial charge in [0.05, 0.1) is 19.2 Å². The van der Waals surface area contributed by atoms with Crippen molar-refractivity contribution in [3.63, 3.8) is 0 Å². The van der Waals surface area contributed by atoms with Crippen LogP contribution in [-0.4, -0.2) is 61.0 Å². The third-order valence-corrected chi connectivity index (χ3v) is 2.29. The standard InChI is InChI=1S/C12H24N2O3/c1-6-14(7-2)11(15)8-13(5)9-12(16)17-10(3)4/h10H,6-9H2,1-5H3. The van der Waals surface area contributed by atoms with E-state index < -0.39 is 0 Å². The Balaban J connectivity index is 4.04. The van der Waals surface area contributed by atoms with E-state index in [-0.39, 0.29) is 31.1 Å². The number of amides is 1. The molecule has 0 unspecified atom stereocenters. The molecule has 0 aliphatic carbocycles. The molecule has 5 nitrogen and oxygen atoms in total. The minimum absolute atomic E-state index is 0.0369. The fourth-order valence-corrected chi connectivity index (χ4v) is 1.48. The van der Waals surface area contributed by atoms with E-state index in [0.29, 0.717) is 13.1 Å². The summed E-state index contributed by atoms with van der Waals surface area (Å²) in [7, 11) is 1.74. The normalized spacial score (nSPS) is 10.8. The Morgan fingerprint density at radius 3 is 2.06 bits per heavy atom. The van der Waals surface area contributed by atoms with Gasteiger partial charge in [0.1, 0.15) is 0 Å². The molecule has 17 heavy (non-hydrogen) atoms. The number of ether oxygens (including phenoxy) is 1. The van der Waals surface area contributed by atoms with Crippen molar-refractivity contribution in [3.8, 4) is 0 Å². The highest BCUT2D eigenvalue weighted by Crippen LogP contribution is 1.95. The molecular weight excluding hydrogens is 220 g/mol. The number of hydrogen-bond donors (Lipinski definition) is 0. The SMILES string of the molecule is CCN(CC)C(=O)CN(C)CC(=O)OC(C)C. The van der Waals surface area contributed by atoms with Crippen LogP contribution in [0.25, 0.3) is 0 Å². The minimum atomic E-state index is -0.296. The van der Waals surface area contributed by atoms with Gasteiger partial charge < -0.3 is 9.64 Å². The molecule has 0 aromatic rings. The zero-order valence-electron chi connectivity index (χ0n) is 11.5. The summed E-state index contributed by atoms with van der Waals surface area (Å²) < 4.78 is 5.01. The van der Waals surface area contributed by atoms with E-state index in [1.54, 1.807) is 30.7 Å². The van der Waals surface area contributed by atoms with Crippen LogP contribution in [0, 0.1) is 0 Å². The summed E-state index contributed by atoms with van der Waals surface area (Å²) in [5.74, 6) is -0.260. The molecule has 0 bridgehead atoms. The van der Waals surface area contributed by atoms with Crippen LogP contribution in [0.1, 0.15) is 27.7 Å². The summed E-state index contributed by atoms with van der Waals surface area (Å²) >= 11 is 0. The van der Waals surface area contributed by atoms with Crippen molar-refractivity contribution >= 4 is 11.9 Å². The van der Waals surface area contributed by atoms with Gasteiger partial charge in [0.15, 0.2) is 0 Å². The molecule has 0 aliphatic rings. The summed E-state index contributed by atoms with van der Waals surface area (Å²) in [5.41, 5.74) is 0. The highest BCUT2D eigenvalue weighted by atomic mass is 16.5. The Kier molecular flexibility index (Phi) is 7.54. The summed E-state index contributed by atoms with van der Waals surface area (Å²) in [4.78, 5) is 26.5. The van der Waals surface area contributed by atoms with Crippen LogP contribution >= 0.6 is 0 Å². The molecule has 0 saturated carbocycles. The molecule has 1 amide bonds. The van der Waals surface area contributed by atoms with E-state index in [0.717, 1.165) is 0 Å². The van der Waals surface area contributed by atoms with Gasteiger partial charge in [-0.2, -0.15) is 0 Å². The van der Waals surface area contributed by atoms with Crippen molar-refractivity contribution in [1.82, 2.24) is 9.80 Å². The molecule has 0 atom stereocenters. The lowest BCUT2D eigenvalue weighted by Crippen LogP contribution is -2.40. The van der Waals surface area contributed by atoms with E-state index in [9.17, 15) is 9.59 Å². The molecule has 0 aromatic carbocycles. The van der Waals surface area contributed by atoms with Crippen LogP contribution in [0.4, 0.5) is 0 Å². The average Bonchev–Trinajstić information content (AvgIpc) is 2.17. The second-order valence-corrected chi connectivity index (χ2v) is 4.28. The number of hydrogen-bond acceptors (Lipinski definition) is 4. The monoisotopic (exact) mass is 244 g/mol. The zero-order chi connectivity index (χ0) is 13.4. The Hall–Kier alpha value is -1.10. The summed E-state index contributed by atoms with van der Waals surface area (Å²) in [5, 5.41) is 0. The maximum absolute atomic E-state index is 11.8. The third-order valence-electron chi connectivity index (χ3n) is 2.29. The van der Waals surface area contributed by atoms with Crippen LogP contribution in [0.2, 0.25) is 0 Å². The lowest BCUT2D eigenvalue weighted by atomic mass is 10.4. The van der Waals surface area contributed by atoms with Crippen LogP contribution < -0.4 is 0 Å². The van der Waals surface area contributed by atoms with Crippen LogP contribution in [0.3, 0.4) is 0 Å². The second kappa shape index (κ2) is 8.06. The maximum Gasteiger partial charge on any atom is 0.320 e. The largest absolute Gasteiger partial charge is 0.462 e. The van der Waals surface area contributed by atoms with Gasteiger partial charge in [0.25, 0.3) is 0 Å². The van der Waals surface area contributed by atoms with Crippen molar-refractivity contribution in [2.24, 2.45) is 0 Å². The molecule has 5 heteroatoms. The van der Waals surface area contributed by atoms with Gasteiger partial charge in [-0.15, -0.1) is 0 Å². The molecular formula is C12H24N2O3. The summed E-state index contributed by atoms with van der Waals surface area (Å²) in [6.45, 7) is 9.26. The van der Waals surface area contributed by atoms with Crippen molar-refractivity contribution < 1.29 is 14.3 Å². The van der Waals surface area contributed by atoms with Crippen molar-refractivity contribution in [2.45, 2.75) is 33.8 Å². The number of nitrogens with zero attached hydrogens (tertiary/aromatic N) is 2. The van der Waals surface area contributed by atoms with Crippen LogP contribution in [-0.2, 0) is 14.3 Å². The number of esters is 1. The Morgan fingerprint density at radius 2 is 1.65 bits per heavy atom. The number of carbonyl (C=O) groups is 2. The first kappa shape index (κ1) is 15.9. The average molecular weight is 244 g/mol. The van der Waals surface area contributed by atoms with E-state index in [4.69, 9.17) is 4.74 Å². The molecule has 0 N–H and O–H groups in total. The van der Waals surface area contributed by atoms with E-state index in [1.165, 1.54) is 0 Å². The molecule has 100 valence electrons. The smallest absolute Gasteiger partial charge is 0.320 e. The molecule has 0 heterocycles. The number of likely N-dealkylation sites (N-methyl/N-ethyl adjacent to an activating group) is 2. The summed E-state index contributed by atoms with van der Waals surface area (Å²) in [6, 6.07) is 0. The minimum Gasteiger partial charge on any atom is -0.462 e. The fourth-order valence-electron chi connectivity index (χ4n) is 1.48. The number of rotatable bonds is 7. The van der Waals surface area contributed by atoms with Gasteiger partial charge in [-0.1, -0.05) is 0 Å².